The van der Waals surface area contributed by atoms with Crippen LogP contribution in [0.15, 0.2) is 29.3 Å². The molecule has 1 unspecified atom stereocenters. The molecule has 1 aliphatic carbocycles. The maximum absolute atomic E-state index is 11.7. The smallest absolute Gasteiger partial charge is 0.325 e. The lowest BCUT2D eigenvalue weighted by Gasteiger charge is -2.45. The maximum Gasteiger partial charge on any atom is 0.325 e. The number of rotatable bonds is 4. The number of aryl methyl sites for hydroxylation is 1. The first-order valence-electron chi connectivity index (χ1n) is 7.32. The van der Waals surface area contributed by atoms with Gasteiger partial charge in [0.2, 0.25) is 6.19 Å². The van der Waals surface area contributed by atoms with Crippen LogP contribution < -0.4 is 0 Å². The molecule has 5 heteroatoms. The van der Waals surface area contributed by atoms with Crippen molar-refractivity contribution in [3.8, 4) is 6.19 Å². The molecule has 0 radical (unpaired) electrons. The highest BCUT2D eigenvalue weighted by atomic mass is 16.5. The molecule has 0 amide bonds. The maximum atomic E-state index is 11.7. The number of carbonyl (C=O) groups excluding carboxylic acids is 1. The molecule has 1 aromatic rings. The zero-order chi connectivity index (χ0) is 16.2. The first-order valence-corrected chi connectivity index (χ1v) is 7.32. The molecule has 0 aromatic heterocycles. The summed E-state index contributed by atoms with van der Waals surface area (Å²) in [7, 11) is 1.36. The lowest BCUT2D eigenvalue weighted by atomic mass is 9.69. The predicted octanol–water partition coefficient (Wildman–Crippen LogP) is 2.68. The average molecular weight is 299 g/mol. The molecule has 0 heterocycles. The van der Waals surface area contributed by atoms with E-state index in [1.54, 1.807) is 6.19 Å². The van der Waals surface area contributed by atoms with Crippen LogP contribution in [0.25, 0.3) is 0 Å². The van der Waals surface area contributed by atoms with Gasteiger partial charge in [-0.05, 0) is 29.4 Å². The van der Waals surface area contributed by atoms with E-state index in [-0.39, 0.29) is 24.0 Å². The Morgan fingerprint density at radius 1 is 1.55 bits per heavy atom. The average Bonchev–Trinajstić information content (AvgIpc) is 2.51. The van der Waals surface area contributed by atoms with Gasteiger partial charge in [0.15, 0.2) is 0 Å². The first kappa shape index (κ1) is 16.0. The molecule has 0 bridgehead atoms. The lowest BCUT2D eigenvalue weighted by molar-refractivity contribution is -0.141. The van der Waals surface area contributed by atoms with Crippen molar-refractivity contribution in [1.82, 2.24) is 4.90 Å². The molecule has 0 fully saturated rings. The summed E-state index contributed by atoms with van der Waals surface area (Å²) in [6, 6.07) is 8.22. The first-order chi connectivity index (χ1) is 10.5. The number of carbonyl (C=O) groups is 1. The molecule has 0 spiro atoms. The van der Waals surface area contributed by atoms with Crippen LogP contribution in [0, 0.1) is 16.9 Å². The van der Waals surface area contributed by atoms with Crippen molar-refractivity contribution in [3.05, 3.63) is 35.4 Å². The quantitative estimate of drug-likeness (QED) is 0.371. The van der Waals surface area contributed by atoms with Crippen LogP contribution in [-0.4, -0.2) is 30.9 Å². The Bertz CT molecular complexity index is 617. The van der Waals surface area contributed by atoms with E-state index in [2.05, 4.69) is 31.0 Å². The van der Waals surface area contributed by atoms with Crippen LogP contribution in [0.2, 0.25) is 0 Å². The molecule has 0 N–H and O–H groups in total. The highest BCUT2D eigenvalue weighted by molar-refractivity contribution is 5.75. The minimum absolute atomic E-state index is 0.0198. The highest BCUT2D eigenvalue weighted by Crippen LogP contribution is 2.46. The zero-order valence-corrected chi connectivity index (χ0v) is 13.2. The molecule has 116 valence electrons. The number of hydrogen-bond acceptors (Lipinski definition) is 4. The van der Waals surface area contributed by atoms with Crippen molar-refractivity contribution < 1.29 is 9.53 Å². The van der Waals surface area contributed by atoms with Gasteiger partial charge in [0.25, 0.3) is 0 Å². The van der Waals surface area contributed by atoms with E-state index in [0.29, 0.717) is 0 Å². The van der Waals surface area contributed by atoms with E-state index in [1.807, 2.05) is 17.0 Å². The monoisotopic (exact) mass is 299 g/mol. The van der Waals surface area contributed by atoms with Gasteiger partial charge in [-0.1, -0.05) is 38.1 Å². The van der Waals surface area contributed by atoms with E-state index in [9.17, 15) is 4.79 Å². The molecular formula is C17H21N3O2. The second-order valence-corrected chi connectivity index (χ2v) is 6.18. The van der Waals surface area contributed by atoms with Crippen molar-refractivity contribution in [1.29, 1.82) is 5.26 Å². The fourth-order valence-electron chi connectivity index (χ4n) is 3.18. The second-order valence-electron chi connectivity index (χ2n) is 6.18. The van der Waals surface area contributed by atoms with Crippen molar-refractivity contribution in [2.45, 2.75) is 32.7 Å². The SMILES string of the molecule is COC(=O)CN(C=NC#N)C1c2ccccc2CCC1(C)C. The van der Waals surface area contributed by atoms with Crippen LogP contribution in [0.1, 0.15) is 37.4 Å². The largest absolute Gasteiger partial charge is 0.468 e. The summed E-state index contributed by atoms with van der Waals surface area (Å²) in [4.78, 5) is 17.2. The topological polar surface area (TPSA) is 65.7 Å². The van der Waals surface area contributed by atoms with Gasteiger partial charge >= 0.3 is 5.97 Å². The molecule has 0 aliphatic heterocycles. The Hall–Kier alpha value is -2.35. The van der Waals surface area contributed by atoms with E-state index in [4.69, 9.17) is 10.00 Å². The number of nitrogens with zero attached hydrogens (tertiary/aromatic N) is 3. The molecular weight excluding hydrogens is 278 g/mol. The number of aliphatic imine (C=N–C) groups is 1. The standard InChI is InChI=1S/C17H21N3O2/c1-17(2)9-8-13-6-4-5-7-14(13)16(17)20(12-19-11-18)10-15(21)22-3/h4-7,12,16H,8-10H2,1-3H3. The highest BCUT2D eigenvalue weighted by Gasteiger charge is 2.39. The molecule has 0 saturated heterocycles. The summed E-state index contributed by atoms with van der Waals surface area (Å²) in [5.74, 6) is -0.344. The van der Waals surface area contributed by atoms with Gasteiger partial charge < -0.3 is 9.64 Å². The summed E-state index contributed by atoms with van der Waals surface area (Å²) < 4.78 is 4.78. The second kappa shape index (κ2) is 6.61. The van der Waals surface area contributed by atoms with Crippen molar-refractivity contribution in [2.24, 2.45) is 10.4 Å². The van der Waals surface area contributed by atoms with Gasteiger partial charge in [0.1, 0.15) is 12.9 Å². The lowest BCUT2D eigenvalue weighted by Crippen LogP contribution is -2.43. The minimum atomic E-state index is -0.344. The Labute approximate surface area is 131 Å². The van der Waals surface area contributed by atoms with Gasteiger partial charge in [0, 0.05) is 0 Å². The molecule has 2 rings (SSSR count). The number of nitriles is 1. The normalized spacial score (nSPS) is 19.3. The predicted molar refractivity (Wildman–Crippen MR) is 84.1 cm³/mol. The summed E-state index contributed by atoms with van der Waals surface area (Å²) in [6.45, 7) is 4.43. The van der Waals surface area contributed by atoms with E-state index in [1.165, 1.54) is 24.6 Å². The van der Waals surface area contributed by atoms with Gasteiger partial charge in [-0.25, -0.2) is 0 Å². The third kappa shape index (κ3) is 3.28. The number of hydrogen-bond donors (Lipinski definition) is 0. The Morgan fingerprint density at radius 2 is 2.27 bits per heavy atom. The van der Waals surface area contributed by atoms with E-state index >= 15 is 0 Å². The number of esters is 1. The fourth-order valence-corrected chi connectivity index (χ4v) is 3.18. The summed E-state index contributed by atoms with van der Waals surface area (Å²) in [5, 5.41) is 8.74. The number of benzene rings is 1. The van der Waals surface area contributed by atoms with Gasteiger partial charge in [-0.15, -0.1) is 0 Å². The molecule has 1 aliphatic rings. The van der Waals surface area contributed by atoms with Crippen molar-refractivity contribution in [2.75, 3.05) is 13.7 Å². The molecule has 22 heavy (non-hydrogen) atoms. The molecule has 1 aromatic carbocycles. The van der Waals surface area contributed by atoms with Crippen LogP contribution >= 0.6 is 0 Å². The van der Waals surface area contributed by atoms with Gasteiger partial charge in [0.05, 0.1) is 13.2 Å². The summed E-state index contributed by atoms with van der Waals surface area (Å²) in [5.41, 5.74) is 2.43. The van der Waals surface area contributed by atoms with Crippen LogP contribution in [0.5, 0.6) is 0 Å². The van der Waals surface area contributed by atoms with E-state index in [0.717, 1.165) is 12.8 Å². The third-order valence-corrected chi connectivity index (χ3v) is 4.26. The molecule has 0 saturated carbocycles. The van der Waals surface area contributed by atoms with Crippen molar-refractivity contribution >= 4 is 12.3 Å². The van der Waals surface area contributed by atoms with E-state index < -0.39 is 0 Å². The summed E-state index contributed by atoms with van der Waals surface area (Å²) >= 11 is 0. The Morgan fingerprint density at radius 3 is 2.95 bits per heavy atom. The summed E-state index contributed by atoms with van der Waals surface area (Å²) in [6.07, 6.45) is 5.23. The van der Waals surface area contributed by atoms with Gasteiger partial charge in [-0.2, -0.15) is 10.3 Å². The van der Waals surface area contributed by atoms with Crippen LogP contribution in [-0.2, 0) is 16.0 Å². The fraction of sp³-hybridized carbons (Fsp3) is 0.471. The third-order valence-electron chi connectivity index (χ3n) is 4.26. The van der Waals surface area contributed by atoms with Gasteiger partial charge in [-0.3, -0.25) is 4.79 Å². The van der Waals surface area contributed by atoms with Crippen molar-refractivity contribution in [3.63, 3.8) is 0 Å². The number of ether oxygens (including phenoxy) is 1. The number of fused-ring (bicyclic) bond motifs is 1. The number of methoxy groups -OCH3 is 1. The van der Waals surface area contributed by atoms with Crippen LogP contribution in [0.4, 0.5) is 0 Å². The Kier molecular flexibility index (Phi) is 4.81. The molecule has 1 atom stereocenters. The minimum Gasteiger partial charge on any atom is -0.468 e. The molecule has 5 nitrogen and oxygen atoms in total. The zero-order valence-electron chi connectivity index (χ0n) is 13.2. The Balaban J connectivity index is 2.45. The van der Waals surface area contributed by atoms with Crippen LogP contribution in [0.3, 0.4) is 0 Å².